The highest BCUT2D eigenvalue weighted by Crippen LogP contribution is 2.09. The smallest absolute Gasteiger partial charge is 0.147 e. The zero-order valence-electron chi connectivity index (χ0n) is 7.84. The Morgan fingerprint density at radius 1 is 1.54 bits per heavy atom. The van der Waals surface area contributed by atoms with Crippen molar-refractivity contribution in [1.29, 1.82) is 0 Å². The van der Waals surface area contributed by atoms with E-state index < -0.39 is 0 Å². The Morgan fingerprint density at radius 3 is 3.00 bits per heavy atom. The van der Waals surface area contributed by atoms with E-state index in [-0.39, 0.29) is 17.6 Å². The summed E-state index contributed by atoms with van der Waals surface area (Å²) in [5.74, 6) is 2.20. The van der Waals surface area contributed by atoms with Crippen molar-refractivity contribution in [2.75, 3.05) is 18.1 Å². The number of nitrogens with one attached hydrogen (secondary N) is 1. The standard InChI is InChI=1S/C9H15NO2S/c1-7(11)9-3-5-13-4-2-8(12)6-10-9/h9-10H,2-6H2,1H3/t9-/m0/s1. The van der Waals surface area contributed by atoms with Gasteiger partial charge in [0.2, 0.25) is 0 Å². The van der Waals surface area contributed by atoms with E-state index in [4.69, 9.17) is 0 Å². The van der Waals surface area contributed by atoms with Crippen molar-refractivity contribution < 1.29 is 9.59 Å². The molecule has 0 saturated carbocycles. The quantitative estimate of drug-likeness (QED) is 0.676. The van der Waals surface area contributed by atoms with Gasteiger partial charge in [0.15, 0.2) is 0 Å². The van der Waals surface area contributed by atoms with Crippen LogP contribution in [-0.4, -0.2) is 35.7 Å². The Bertz CT molecular complexity index is 206. The van der Waals surface area contributed by atoms with E-state index in [9.17, 15) is 9.59 Å². The lowest BCUT2D eigenvalue weighted by atomic mass is 10.1. The predicted molar refractivity (Wildman–Crippen MR) is 54.0 cm³/mol. The van der Waals surface area contributed by atoms with Gasteiger partial charge in [0, 0.05) is 12.2 Å². The molecule has 0 aromatic heterocycles. The Balaban J connectivity index is 2.46. The maximum atomic E-state index is 11.2. The molecular weight excluding hydrogens is 186 g/mol. The molecule has 0 aliphatic carbocycles. The third-order valence-electron chi connectivity index (χ3n) is 2.11. The molecule has 1 saturated heterocycles. The molecule has 1 heterocycles. The van der Waals surface area contributed by atoms with Gasteiger partial charge in [0.05, 0.1) is 12.6 Å². The van der Waals surface area contributed by atoms with Crippen molar-refractivity contribution in [2.24, 2.45) is 0 Å². The van der Waals surface area contributed by atoms with E-state index in [1.807, 2.05) is 0 Å². The summed E-state index contributed by atoms with van der Waals surface area (Å²) < 4.78 is 0. The molecule has 0 radical (unpaired) electrons. The second-order valence-electron chi connectivity index (χ2n) is 3.23. The van der Waals surface area contributed by atoms with Crippen LogP contribution in [0.25, 0.3) is 0 Å². The Morgan fingerprint density at radius 2 is 2.31 bits per heavy atom. The van der Waals surface area contributed by atoms with Gasteiger partial charge in [-0.1, -0.05) is 0 Å². The molecule has 0 amide bonds. The molecule has 1 N–H and O–H groups in total. The van der Waals surface area contributed by atoms with Gasteiger partial charge in [-0.25, -0.2) is 0 Å². The first-order chi connectivity index (χ1) is 6.20. The summed E-state index contributed by atoms with van der Waals surface area (Å²) in [5.41, 5.74) is 0. The van der Waals surface area contributed by atoms with Crippen molar-refractivity contribution in [3.63, 3.8) is 0 Å². The molecule has 1 atom stereocenters. The first kappa shape index (κ1) is 10.7. The summed E-state index contributed by atoms with van der Waals surface area (Å²) in [7, 11) is 0. The largest absolute Gasteiger partial charge is 0.301 e. The molecule has 1 aliphatic rings. The van der Waals surface area contributed by atoms with Gasteiger partial charge in [0.1, 0.15) is 11.6 Å². The summed E-state index contributed by atoms with van der Waals surface area (Å²) in [6.45, 7) is 1.93. The number of carbonyl (C=O) groups excluding carboxylic acids is 2. The van der Waals surface area contributed by atoms with E-state index in [0.29, 0.717) is 13.0 Å². The van der Waals surface area contributed by atoms with Crippen LogP contribution in [0.1, 0.15) is 19.8 Å². The van der Waals surface area contributed by atoms with Gasteiger partial charge in [-0.15, -0.1) is 0 Å². The summed E-state index contributed by atoms with van der Waals surface area (Å²) in [5, 5.41) is 3.00. The molecule has 1 aliphatic heterocycles. The summed E-state index contributed by atoms with van der Waals surface area (Å²) in [4.78, 5) is 22.3. The van der Waals surface area contributed by atoms with Crippen LogP contribution >= 0.6 is 11.8 Å². The highest BCUT2D eigenvalue weighted by Gasteiger charge is 2.16. The van der Waals surface area contributed by atoms with Gasteiger partial charge in [-0.3, -0.25) is 9.59 Å². The van der Waals surface area contributed by atoms with Crippen LogP contribution in [0.2, 0.25) is 0 Å². The highest BCUT2D eigenvalue weighted by molar-refractivity contribution is 7.99. The average molecular weight is 201 g/mol. The monoisotopic (exact) mass is 201 g/mol. The molecule has 1 rings (SSSR count). The molecule has 3 nitrogen and oxygen atoms in total. The van der Waals surface area contributed by atoms with Crippen molar-refractivity contribution >= 4 is 23.3 Å². The summed E-state index contributed by atoms with van der Waals surface area (Å²) in [6, 6.07) is -0.116. The SMILES string of the molecule is CC(=O)[C@@H]1CCSCCC(=O)CN1. The first-order valence-corrected chi connectivity index (χ1v) is 5.69. The Hall–Kier alpha value is -0.350. The number of ketones is 2. The Labute approximate surface area is 82.6 Å². The fraction of sp³-hybridized carbons (Fsp3) is 0.778. The van der Waals surface area contributed by atoms with E-state index in [2.05, 4.69) is 5.32 Å². The molecule has 0 unspecified atom stereocenters. The summed E-state index contributed by atoms with van der Waals surface area (Å²) in [6.07, 6.45) is 1.47. The predicted octanol–water partition coefficient (Wildman–Crippen LogP) is 0.630. The fourth-order valence-corrected chi connectivity index (χ4v) is 2.24. The number of carbonyl (C=O) groups is 2. The highest BCUT2D eigenvalue weighted by atomic mass is 32.2. The van der Waals surface area contributed by atoms with Crippen LogP contribution in [0.4, 0.5) is 0 Å². The lowest BCUT2D eigenvalue weighted by molar-refractivity contribution is -0.120. The fourth-order valence-electron chi connectivity index (χ4n) is 1.26. The van der Waals surface area contributed by atoms with Gasteiger partial charge in [-0.2, -0.15) is 11.8 Å². The van der Waals surface area contributed by atoms with E-state index in [1.54, 1.807) is 18.7 Å². The van der Waals surface area contributed by atoms with Gasteiger partial charge in [0.25, 0.3) is 0 Å². The normalized spacial score (nSPS) is 25.9. The van der Waals surface area contributed by atoms with Crippen LogP contribution in [0.5, 0.6) is 0 Å². The molecule has 0 aromatic carbocycles. The topological polar surface area (TPSA) is 46.2 Å². The number of rotatable bonds is 1. The van der Waals surface area contributed by atoms with E-state index in [0.717, 1.165) is 17.9 Å². The van der Waals surface area contributed by atoms with E-state index >= 15 is 0 Å². The lowest BCUT2D eigenvalue weighted by Gasteiger charge is -2.12. The molecule has 0 bridgehead atoms. The molecule has 0 aromatic rings. The molecule has 1 fully saturated rings. The van der Waals surface area contributed by atoms with Crippen molar-refractivity contribution in [2.45, 2.75) is 25.8 Å². The maximum Gasteiger partial charge on any atom is 0.147 e. The Kier molecular flexibility index (Phi) is 4.45. The number of hydrogen-bond donors (Lipinski definition) is 1. The van der Waals surface area contributed by atoms with Gasteiger partial charge < -0.3 is 5.32 Å². The molecule has 13 heavy (non-hydrogen) atoms. The minimum Gasteiger partial charge on any atom is -0.301 e. The first-order valence-electron chi connectivity index (χ1n) is 4.53. The minimum atomic E-state index is -0.116. The van der Waals surface area contributed by atoms with Crippen LogP contribution in [0.3, 0.4) is 0 Å². The van der Waals surface area contributed by atoms with Crippen LogP contribution in [0.15, 0.2) is 0 Å². The third-order valence-corrected chi connectivity index (χ3v) is 3.13. The van der Waals surface area contributed by atoms with Crippen molar-refractivity contribution in [3.8, 4) is 0 Å². The molecule has 0 spiro atoms. The third kappa shape index (κ3) is 3.91. The van der Waals surface area contributed by atoms with Gasteiger partial charge >= 0.3 is 0 Å². The van der Waals surface area contributed by atoms with Crippen LogP contribution in [0, 0.1) is 0 Å². The zero-order chi connectivity index (χ0) is 9.68. The average Bonchev–Trinajstić information content (AvgIpc) is 2.17. The maximum absolute atomic E-state index is 11.2. The molecule has 4 heteroatoms. The van der Waals surface area contributed by atoms with Crippen molar-refractivity contribution in [3.05, 3.63) is 0 Å². The zero-order valence-corrected chi connectivity index (χ0v) is 8.65. The summed E-state index contributed by atoms with van der Waals surface area (Å²) >= 11 is 1.75. The number of thioether (sulfide) groups is 1. The minimum absolute atomic E-state index is 0.116. The molecule has 74 valence electrons. The molecular formula is C9H15NO2S. The van der Waals surface area contributed by atoms with Crippen LogP contribution < -0.4 is 5.32 Å². The number of hydrogen-bond acceptors (Lipinski definition) is 4. The van der Waals surface area contributed by atoms with Crippen molar-refractivity contribution in [1.82, 2.24) is 5.32 Å². The van der Waals surface area contributed by atoms with Crippen LogP contribution in [-0.2, 0) is 9.59 Å². The van der Waals surface area contributed by atoms with Gasteiger partial charge in [-0.05, 0) is 19.1 Å². The number of Topliss-reactive ketones (excluding diaryl/α,β-unsaturated/α-hetero) is 2. The van der Waals surface area contributed by atoms with E-state index in [1.165, 1.54) is 0 Å². The second-order valence-corrected chi connectivity index (χ2v) is 4.46. The lowest BCUT2D eigenvalue weighted by Crippen LogP contribution is -2.38. The second kappa shape index (κ2) is 5.40.